The molecule has 12 nitrogen and oxygen atoms in total. The number of nitrogens with one attached hydrogen (secondary N) is 1. The van der Waals surface area contributed by atoms with Crippen LogP contribution in [-0.4, -0.2) is 94.6 Å². The van der Waals surface area contributed by atoms with Gasteiger partial charge in [0.05, 0.1) is 16.7 Å². The molecule has 13 heteroatoms. The fourth-order valence-electron chi connectivity index (χ4n) is 10.5. The van der Waals surface area contributed by atoms with Crippen molar-refractivity contribution in [2.24, 2.45) is 16.7 Å². The Morgan fingerprint density at radius 2 is 1.57 bits per heavy atom. The highest BCUT2D eigenvalue weighted by Gasteiger charge is 2.67. The van der Waals surface area contributed by atoms with Crippen molar-refractivity contribution in [2.45, 2.75) is 78.2 Å². The second-order valence-corrected chi connectivity index (χ2v) is 17.7. The van der Waals surface area contributed by atoms with E-state index >= 15 is 0 Å². The standard InChI is InChI=1S/C45H43FN6O6/c1-24-35(14-9-27(18-47)37(24)46)58-43-44(2,3)42(45(43,4)5)51-21-28-16-25(8-11-31(28)39(51)55)6-7-26-19-49(20-26)30-22-50(23-30)29-10-12-32-33(17-29)41(57)52(40(32)56)34-13-15-36(53)48-38(34)54/h8-12,14,16-17,26,30,34,42-43H,13,15,19-23H2,1-5H3,(H,48,53,54)/t34?,42-,43-. The summed E-state index contributed by atoms with van der Waals surface area (Å²) in [5.74, 6) is 4.77. The van der Waals surface area contributed by atoms with Crippen molar-refractivity contribution in [1.82, 2.24) is 20.0 Å². The number of carbonyl (C=O) groups is 5. The summed E-state index contributed by atoms with van der Waals surface area (Å²) < 4.78 is 21.2. The molecule has 3 aromatic rings. The Hall–Kier alpha value is -6.05. The van der Waals surface area contributed by atoms with Gasteiger partial charge in [0.15, 0.2) is 0 Å². The van der Waals surface area contributed by atoms with Gasteiger partial charge in [0.1, 0.15) is 29.8 Å². The molecular formula is C45H43FN6O6. The third-order valence-corrected chi connectivity index (χ3v) is 13.2. The number of anilines is 1. The zero-order chi connectivity index (χ0) is 41.0. The minimum absolute atomic E-state index is 0.0157. The van der Waals surface area contributed by atoms with Gasteiger partial charge in [0.2, 0.25) is 11.8 Å². The molecule has 3 saturated heterocycles. The summed E-state index contributed by atoms with van der Waals surface area (Å²) in [4.78, 5) is 71.7. The van der Waals surface area contributed by atoms with Crippen LogP contribution in [0.25, 0.3) is 0 Å². The van der Waals surface area contributed by atoms with E-state index in [1.807, 2.05) is 35.2 Å². The molecule has 1 unspecified atom stereocenters. The molecule has 1 atom stereocenters. The van der Waals surface area contributed by atoms with E-state index in [2.05, 4.69) is 54.7 Å². The maximum atomic E-state index is 14.7. The predicted octanol–water partition coefficient (Wildman–Crippen LogP) is 4.42. The Labute approximate surface area is 335 Å². The number of benzene rings is 3. The lowest BCUT2D eigenvalue weighted by Gasteiger charge is -2.65. The number of ether oxygens (including phenoxy) is 1. The van der Waals surface area contributed by atoms with Crippen LogP contribution in [0.1, 0.15) is 93.9 Å². The number of nitrogens with zero attached hydrogens (tertiary/aromatic N) is 5. The van der Waals surface area contributed by atoms with Gasteiger partial charge in [0.25, 0.3) is 17.7 Å². The molecule has 3 aromatic carbocycles. The largest absolute Gasteiger partial charge is 0.489 e. The Morgan fingerprint density at radius 3 is 2.28 bits per heavy atom. The maximum Gasteiger partial charge on any atom is 0.262 e. The summed E-state index contributed by atoms with van der Waals surface area (Å²) in [5, 5.41) is 11.4. The van der Waals surface area contributed by atoms with Gasteiger partial charge in [-0.3, -0.25) is 39.1 Å². The average molecular weight is 783 g/mol. The number of imide groups is 2. The minimum Gasteiger partial charge on any atom is -0.489 e. The molecule has 5 heterocycles. The van der Waals surface area contributed by atoms with E-state index in [9.17, 15) is 33.6 Å². The second kappa shape index (κ2) is 13.2. The van der Waals surface area contributed by atoms with Gasteiger partial charge in [-0.05, 0) is 67.4 Å². The molecule has 6 aliphatic rings. The van der Waals surface area contributed by atoms with E-state index in [0.29, 0.717) is 29.5 Å². The number of carbonyl (C=O) groups excluding carboxylic acids is 5. The van der Waals surface area contributed by atoms with Crippen molar-refractivity contribution < 1.29 is 33.1 Å². The number of hydrogen-bond donors (Lipinski definition) is 1. The van der Waals surface area contributed by atoms with E-state index < -0.39 is 46.3 Å². The van der Waals surface area contributed by atoms with Crippen molar-refractivity contribution >= 4 is 35.2 Å². The summed E-state index contributed by atoms with van der Waals surface area (Å²) >= 11 is 0. The minimum atomic E-state index is -0.989. The average Bonchev–Trinajstić information content (AvgIpc) is 3.58. The van der Waals surface area contributed by atoms with Crippen LogP contribution in [-0.2, 0) is 16.1 Å². The lowest BCUT2D eigenvalue weighted by atomic mass is 9.49. The van der Waals surface area contributed by atoms with E-state index in [1.165, 1.54) is 6.07 Å². The Bertz CT molecular complexity index is 2450. The highest BCUT2D eigenvalue weighted by Crippen LogP contribution is 2.59. The molecule has 1 aliphatic carbocycles. The maximum absolute atomic E-state index is 14.7. The molecule has 4 fully saturated rings. The van der Waals surface area contributed by atoms with Crippen LogP contribution < -0.4 is 15.0 Å². The Kier molecular flexibility index (Phi) is 8.57. The van der Waals surface area contributed by atoms with Gasteiger partial charge >= 0.3 is 0 Å². The normalized spacial score (nSPS) is 24.9. The molecule has 0 radical (unpaired) electrons. The van der Waals surface area contributed by atoms with Gasteiger partial charge in [-0.25, -0.2) is 4.39 Å². The lowest BCUT2D eigenvalue weighted by molar-refractivity contribution is -0.199. The first-order chi connectivity index (χ1) is 27.6. The summed E-state index contributed by atoms with van der Waals surface area (Å²) in [6.07, 6.45) is -0.0969. The molecule has 5 amide bonds. The summed E-state index contributed by atoms with van der Waals surface area (Å²) in [6, 6.07) is 15.2. The third-order valence-electron chi connectivity index (χ3n) is 13.2. The molecule has 296 valence electrons. The number of halogens is 1. The van der Waals surface area contributed by atoms with Crippen LogP contribution in [0.15, 0.2) is 48.5 Å². The van der Waals surface area contributed by atoms with Crippen LogP contribution in [0.4, 0.5) is 10.1 Å². The Balaban J connectivity index is 0.787. The zero-order valence-electron chi connectivity index (χ0n) is 33.0. The smallest absolute Gasteiger partial charge is 0.262 e. The molecular weight excluding hydrogens is 740 g/mol. The van der Waals surface area contributed by atoms with E-state index in [-0.39, 0.29) is 53.5 Å². The first kappa shape index (κ1) is 37.5. The molecule has 0 aromatic heterocycles. The fourth-order valence-corrected chi connectivity index (χ4v) is 10.5. The quantitative estimate of drug-likeness (QED) is 0.284. The molecule has 58 heavy (non-hydrogen) atoms. The highest BCUT2D eigenvalue weighted by atomic mass is 19.1. The molecule has 0 bridgehead atoms. The zero-order valence-corrected chi connectivity index (χ0v) is 33.0. The number of amides is 5. The van der Waals surface area contributed by atoms with E-state index in [1.54, 1.807) is 25.1 Å². The first-order valence-corrected chi connectivity index (χ1v) is 19.7. The molecule has 5 aliphatic heterocycles. The van der Waals surface area contributed by atoms with Gasteiger partial charge in [-0.15, -0.1) is 0 Å². The number of nitriles is 1. The van der Waals surface area contributed by atoms with Gasteiger partial charge < -0.3 is 14.5 Å². The van der Waals surface area contributed by atoms with E-state index in [0.717, 1.165) is 47.9 Å². The highest BCUT2D eigenvalue weighted by molar-refractivity contribution is 6.23. The SMILES string of the molecule is Cc1c(O[C@H]2C(C)(C)[C@H](N3Cc4cc(C#CC5CN(C6CN(c7ccc8c(c7)C(=O)N(C7CCC(=O)NC7=O)C8=O)C6)C5)ccc4C3=O)C2(C)C)ccc(C#N)c1F. The second-order valence-electron chi connectivity index (χ2n) is 17.7. The van der Waals surface area contributed by atoms with Crippen molar-refractivity contribution in [3.8, 4) is 23.7 Å². The molecule has 1 saturated carbocycles. The van der Waals surface area contributed by atoms with Crippen LogP contribution >= 0.6 is 0 Å². The first-order valence-electron chi connectivity index (χ1n) is 19.7. The monoisotopic (exact) mass is 782 g/mol. The molecule has 0 spiro atoms. The van der Waals surface area contributed by atoms with Crippen LogP contribution in [0, 0.1) is 52.7 Å². The number of likely N-dealkylation sites (tertiary alicyclic amines) is 1. The van der Waals surface area contributed by atoms with Crippen molar-refractivity contribution in [3.05, 3.63) is 93.3 Å². The van der Waals surface area contributed by atoms with E-state index in [4.69, 9.17) is 4.74 Å². The number of rotatable bonds is 6. The fraction of sp³-hybridized carbons (Fsp3) is 0.422. The van der Waals surface area contributed by atoms with Crippen molar-refractivity contribution in [1.29, 1.82) is 5.26 Å². The van der Waals surface area contributed by atoms with Crippen LogP contribution in [0.3, 0.4) is 0 Å². The number of hydrogen-bond acceptors (Lipinski definition) is 9. The number of piperidine rings is 1. The van der Waals surface area contributed by atoms with Gasteiger partial charge in [-0.2, -0.15) is 5.26 Å². The van der Waals surface area contributed by atoms with Crippen LogP contribution in [0.5, 0.6) is 5.75 Å². The number of fused-ring (bicyclic) bond motifs is 2. The van der Waals surface area contributed by atoms with Crippen molar-refractivity contribution in [2.75, 3.05) is 31.1 Å². The lowest BCUT2D eigenvalue weighted by Crippen LogP contribution is -2.74. The van der Waals surface area contributed by atoms with Crippen molar-refractivity contribution in [3.63, 3.8) is 0 Å². The van der Waals surface area contributed by atoms with Gasteiger partial charge in [0, 0.05) is 90.4 Å². The van der Waals surface area contributed by atoms with Crippen LogP contribution in [0.2, 0.25) is 0 Å². The topological polar surface area (TPSA) is 143 Å². The predicted molar refractivity (Wildman–Crippen MR) is 209 cm³/mol. The van der Waals surface area contributed by atoms with Gasteiger partial charge in [-0.1, -0.05) is 39.5 Å². The molecule has 1 N–H and O–H groups in total. The third kappa shape index (κ3) is 5.70. The summed E-state index contributed by atoms with van der Waals surface area (Å²) in [7, 11) is 0. The summed E-state index contributed by atoms with van der Waals surface area (Å²) in [5.41, 5.74) is 3.31. The Morgan fingerprint density at radius 1 is 0.862 bits per heavy atom. The molecule has 9 rings (SSSR count). The summed E-state index contributed by atoms with van der Waals surface area (Å²) in [6.45, 7) is 13.7.